The maximum Gasteiger partial charge on any atom is 0.378 e. The smallest absolute Gasteiger partial charge is 0.378 e. The lowest BCUT2D eigenvalue weighted by Gasteiger charge is -2.03. The number of carboxylic acids is 1. The molecule has 0 fully saturated rings. The van der Waals surface area contributed by atoms with Crippen molar-refractivity contribution in [1.82, 2.24) is 4.98 Å². The maximum atomic E-state index is 11.2. The number of ketones is 2. The number of aryl methyl sites for hydroxylation is 1. The molecule has 0 saturated heterocycles. The van der Waals surface area contributed by atoms with Gasteiger partial charge in [0.15, 0.2) is 5.78 Å². The van der Waals surface area contributed by atoms with Gasteiger partial charge in [-0.2, -0.15) is 0 Å². The molecule has 0 aliphatic rings. The molecule has 0 aliphatic carbocycles. The highest BCUT2D eigenvalue weighted by Gasteiger charge is 2.22. The Balaban J connectivity index is 3.37. The normalized spacial score (nSPS) is 9.73. The fourth-order valence-electron chi connectivity index (χ4n) is 1.12. The molecule has 0 atom stereocenters. The Kier molecular flexibility index (Phi) is 2.94. The number of hydrogen-bond donors (Lipinski definition) is 1. The van der Waals surface area contributed by atoms with Crippen LogP contribution in [0.4, 0.5) is 0 Å². The van der Waals surface area contributed by atoms with E-state index < -0.39 is 11.8 Å². The number of hydrogen-bond acceptors (Lipinski definition) is 4. The van der Waals surface area contributed by atoms with Gasteiger partial charge in [0.05, 0.1) is 0 Å². The Morgan fingerprint density at radius 1 is 1.27 bits per heavy atom. The van der Waals surface area contributed by atoms with E-state index in [-0.39, 0.29) is 17.0 Å². The molecule has 0 radical (unpaired) electrons. The Bertz CT molecular complexity index is 451. The third kappa shape index (κ3) is 2.25. The van der Waals surface area contributed by atoms with Crippen molar-refractivity contribution in [3.8, 4) is 0 Å². The second kappa shape index (κ2) is 4.00. The highest BCUT2D eigenvalue weighted by atomic mass is 16.4. The van der Waals surface area contributed by atoms with Crippen molar-refractivity contribution in [2.75, 3.05) is 0 Å². The summed E-state index contributed by atoms with van der Waals surface area (Å²) in [4.78, 5) is 36.6. The molecular weight excluding hydrogens is 198 g/mol. The van der Waals surface area contributed by atoms with Crippen molar-refractivity contribution in [2.24, 2.45) is 0 Å². The van der Waals surface area contributed by atoms with Gasteiger partial charge in [0.2, 0.25) is 0 Å². The predicted molar refractivity (Wildman–Crippen MR) is 50.9 cm³/mol. The number of rotatable bonds is 3. The number of nitrogens with zero attached hydrogens (tertiary/aromatic N) is 1. The molecular formula is C10H9NO4. The number of carbonyl (C=O) groups is 3. The summed E-state index contributed by atoms with van der Waals surface area (Å²) in [7, 11) is 0. The van der Waals surface area contributed by atoms with E-state index in [1.165, 1.54) is 13.0 Å². The molecule has 0 bridgehead atoms. The maximum absolute atomic E-state index is 11.2. The zero-order chi connectivity index (χ0) is 11.6. The van der Waals surface area contributed by atoms with Crippen molar-refractivity contribution in [3.05, 3.63) is 29.1 Å². The summed E-state index contributed by atoms with van der Waals surface area (Å²) < 4.78 is 0. The lowest BCUT2D eigenvalue weighted by atomic mass is 10.1. The van der Waals surface area contributed by atoms with Gasteiger partial charge in [-0.15, -0.1) is 0 Å². The van der Waals surface area contributed by atoms with Gasteiger partial charge in [-0.3, -0.25) is 9.59 Å². The average molecular weight is 207 g/mol. The van der Waals surface area contributed by atoms with E-state index in [9.17, 15) is 14.4 Å². The predicted octanol–water partition coefficient (Wildman–Crippen LogP) is 0.860. The van der Waals surface area contributed by atoms with Crippen LogP contribution in [0.3, 0.4) is 0 Å². The van der Waals surface area contributed by atoms with Gasteiger partial charge >= 0.3 is 5.97 Å². The summed E-state index contributed by atoms with van der Waals surface area (Å²) in [6, 6.07) is 2.95. The van der Waals surface area contributed by atoms with Gasteiger partial charge in [-0.25, -0.2) is 9.78 Å². The molecule has 1 rings (SSSR count). The molecule has 78 valence electrons. The Morgan fingerprint density at radius 3 is 2.33 bits per heavy atom. The van der Waals surface area contributed by atoms with E-state index in [4.69, 9.17) is 5.11 Å². The minimum absolute atomic E-state index is 0.0352. The standard InChI is InChI=1S/C10H9NO4/c1-5-3-4-7(6(2)12)8(11-5)9(13)10(14)15/h3-4H,1-2H3,(H,14,15). The van der Waals surface area contributed by atoms with E-state index in [2.05, 4.69) is 4.98 Å². The second-order valence-electron chi connectivity index (χ2n) is 3.04. The molecule has 5 nitrogen and oxygen atoms in total. The molecule has 1 N–H and O–H groups in total. The average Bonchev–Trinajstić information content (AvgIpc) is 2.15. The lowest BCUT2D eigenvalue weighted by Crippen LogP contribution is -2.18. The van der Waals surface area contributed by atoms with Crippen molar-refractivity contribution in [1.29, 1.82) is 0 Å². The van der Waals surface area contributed by atoms with Gasteiger partial charge < -0.3 is 5.11 Å². The number of carbonyl (C=O) groups excluding carboxylic acids is 2. The number of carboxylic acid groups (broad SMARTS) is 1. The first kappa shape index (κ1) is 11.0. The summed E-state index contributed by atoms with van der Waals surface area (Å²) in [5, 5.41) is 8.53. The van der Waals surface area contributed by atoms with Crippen LogP contribution in [0.15, 0.2) is 12.1 Å². The van der Waals surface area contributed by atoms with Crippen molar-refractivity contribution < 1.29 is 19.5 Å². The molecule has 0 unspecified atom stereocenters. The van der Waals surface area contributed by atoms with Crippen molar-refractivity contribution in [2.45, 2.75) is 13.8 Å². The number of aliphatic carboxylic acids is 1. The molecule has 5 heteroatoms. The molecule has 15 heavy (non-hydrogen) atoms. The van der Waals surface area contributed by atoms with E-state index in [1.54, 1.807) is 13.0 Å². The molecule has 0 saturated carbocycles. The van der Waals surface area contributed by atoms with Crippen molar-refractivity contribution >= 4 is 17.5 Å². The van der Waals surface area contributed by atoms with Crippen LogP contribution in [0.5, 0.6) is 0 Å². The van der Waals surface area contributed by atoms with Gasteiger partial charge in [0.25, 0.3) is 5.78 Å². The highest BCUT2D eigenvalue weighted by molar-refractivity contribution is 6.40. The third-order valence-corrected chi connectivity index (χ3v) is 1.82. The number of pyridine rings is 1. The lowest BCUT2D eigenvalue weighted by molar-refractivity contribution is -0.131. The van der Waals surface area contributed by atoms with Crippen LogP contribution in [0.1, 0.15) is 33.5 Å². The second-order valence-corrected chi connectivity index (χ2v) is 3.04. The number of aromatic nitrogens is 1. The molecule has 1 aromatic heterocycles. The SMILES string of the molecule is CC(=O)c1ccc(C)nc1C(=O)C(=O)O. The Hall–Kier alpha value is -2.04. The topological polar surface area (TPSA) is 84.3 Å². The van der Waals surface area contributed by atoms with Gasteiger partial charge in [-0.05, 0) is 26.0 Å². The van der Waals surface area contributed by atoms with Gasteiger partial charge in [-0.1, -0.05) is 0 Å². The van der Waals surface area contributed by atoms with Crippen LogP contribution in [0.25, 0.3) is 0 Å². The number of Topliss-reactive ketones (excluding diaryl/α,β-unsaturated/α-hetero) is 2. The zero-order valence-electron chi connectivity index (χ0n) is 8.27. The molecule has 1 heterocycles. The first-order valence-electron chi connectivity index (χ1n) is 4.19. The fraction of sp³-hybridized carbons (Fsp3) is 0.200. The first-order chi connectivity index (χ1) is 6.93. The third-order valence-electron chi connectivity index (χ3n) is 1.82. The quantitative estimate of drug-likeness (QED) is 0.587. The molecule has 0 aliphatic heterocycles. The van der Waals surface area contributed by atoms with E-state index in [0.717, 1.165) is 0 Å². The monoisotopic (exact) mass is 207 g/mol. The van der Waals surface area contributed by atoms with Gasteiger partial charge in [0.1, 0.15) is 5.69 Å². The van der Waals surface area contributed by atoms with E-state index in [0.29, 0.717) is 5.69 Å². The Morgan fingerprint density at radius 2 is 1.87 bits per heavy atom. The summed E-state index contributed by atoms with van der Waals surface area (Å²) in [6.07, 6.45) is 0. The minimum Gasteiger partial charge on any atom is -0.475 e. The zero-order valence-corrected chi connectivity index (χ0v) is 8.27. The molecule has 0 aromatic carbocycles. The van der Waals surface area contributed by atoms with Crippen molar-refractivity contribution in [3.63, 3.8) is 0 Å². The molecule has 1 aromatic rings. The molecule has 0 spiro atoms. The van der Waals surface area contributed by atoms with Crippen LogP contribution in [-0.4, -0.2) is 27.6 Å². The van der Waals surface area contributed by atoms with Crippen LogP contribution in [0, 0.1) is 6.92 Å². The van der Waals surface area contributed by atoms with E-state index >= 15 is 0 Å². The van der Waals surface area contributed by atoms with Crippen LogP contribution in [0.2, 0.25) is 0 Å². The van der Waals surface area contributed by atoms with Gasteiger partial charge in [0, 0.05) is 11.3 Å². The van der Waals surface area contributed by atoms with Crippen LogP contribution >= 0.6 is 0 Å². The summed E-state index contributed by atoms with van der Waals surface area (Å²) in [5.74, 6) is -3.16. The van der Waals surface area contributed by atoms with Crippen LogP contribution in [-0.2, 0) is 4.79 Å². The first-order valence-corrected chi connectivity index (χ1v) is 4.19. The fourth-order valence-corrected chi connectivity index (χ4v) is 1.12. The van der Waals surface area contributed by atoms with Crippen LogP contribution < -0.4 is 0 Å². The highest BCUT2D eigenvalue weighted by Crippen LogP contribution is 2.09. The minimum atomic E-state index is -1.62. The summed E-state index contributed by atoms with van der Waals surface area (Å²) in [6.45, 7) is 2.87. The van der Waals surface area contributed by atoms with E-state index in [1.807, 2.05) is 0 Å². The largest absolute Gasteiger partial charge is 0.475 e. The Labute approximate surface area is 85.8 Å². The summed E-state index contributed by atoms with van der Waals surface area (Å²) >= 11 is 0. The molecule has 0 amide bonds. The summed E-state index contributed by atoms with van der Waals surface area (Å²) in [5.41, 5.74) is 0.229.